The lowest BCUT2D eigenvalue weighted by molar-refractivity contribution is 0.660. The van der Waals surface area contributed by atoms with Gasteiger partial charge in [0.1, 0.15) is 0 Å². The second kappa shape index (κ2) is 9.92. The monoisotopic (exact) mass is 593 g/mol. The Balaban J connectivity index is 1.22. The van der Waals surface area contributed by atoms with Gasteiger partial charge in [0.15, 0.2) is 0 Å². The Morgan fingerprint density at radius 1 is 0.467 bits per heavy atom. The topological polar surface area (TPSA) is 3.24 Å². The highest BCUT2D eigenvalue weighted by Crippen LogP contribution is 2.51. The summed E-state index contributed by atoms with van der Waals surface area (Å²) in [5, 5.41) is 5.24. The van der Waals surface area contributed by atoms with E-state index >= 15 is 0 Å². The quantitative estimate of drug-likeness (QED) is 0.196. The van der Waals surface area contributed by atoms with Crippen LogP contribution in [0.2, 0.25) is 0 Å². The minimum absolute atomic E-state index is 0.0685. The van der Waals surface area contributed by atoms with Gasteiger partial charge < -0.3 is 4.90 Å². The number of hydrogen-bond donors (Lipinski definition) is 0. The normalized spacial score (nSPS) is 13.3. The van der Waals surface area contributed by atoms with E-state index in [9.17, 15) is 0 Å². The summed E-state index contributed by atoms with van der Waals surface area (Å²) < 4.78 is 2.70. The van der Waals surface area contributed by atoms with Crippen molar-refractivity contribution in [3.63, 3.8) is 0 Å². The molecule has 0 aliphatic heterocycles. The van der Waals surface area contributed by atoms with E-state index in [1.165, 1.54) is 70.0 Å². The van der Waals surface area contributed by atoms with Crippen molar-refractivity contribution in [2.75, 3.05) is 4.90 Å². The molecule has 0 saturated heterocycles. The van der Waals surface area contributed by atoms with Crippen LogP contribution in [0.5, 0.6) is 0 Å². The average molecular weight is 594 g/mol. The smallest absolute Gasteiger partial charge is 0.0468 e. The average Bonchev–Trinajstić information content (AvgIpc) is 3.58. The number of benzene rings is 7. The molecule has 0 bridgehead atoms. The Morgan fingerprint density at radius 2 is 1.11 bits per heavy atom. The Morgan fingerprint density at radius 3 is 1.98 bits per heavy atom. The van der Waals surface area contributed by atoms with Crippen LogP contribution in [0.25, 0.3) is 53.2 Å². The van der Waals surface area contributed by atoms with Crippen LogP contribution in [0.1, 0.15) is 25.0 Å². The molecule has 8 aromatic rings. The number of nitrogens with zero attached hydrogens (tertiary/aromatic N) is 1. The minimum atomic E-state index is -0.0685. The highest BCUT2D eigenvalue weighted by molar-refractivity contribution is 7.26. The van der Waals surface area contributed by atoms with Gasteiger partial charge >= 0.3 is 0 Å². The maximum absolute atomic E-state index is 2.42. The lowest BCUT2D eigenvalue weighted by Gasteiger charge is -2.28. The first kappa shape index (κ1) is 26.2. The summed E-state index contributed by atoms with van der Waals surface area (Å²) in [7, 11) is 0. The summed E-state index contributed by atoms with van der Waals surface area (Å²) in [5.41, 5.74) is 11.3. The molecule has 0 atom stereocenters. The molecule has 0 unspecified atom stereocenters. The molecule has 1 nitrogen and oxygen atoms in total. The molecule has 1 heterocycles. The standard InChI is InChI=1S/C43H31NS/c1-43(2)39-14-8-6-12-35(39)36-25-22-33(27-40(36)43)44(31-19-16-29(17-20-31)28-10-4-3-5-11-28)32-21-24-34-30(26-32)18-23-38-37-13-7-9-15-41(37)45-42(34)38/h3-27H,1-2H3. The number of rotatable bonds is 4. The zero-order valence-electron chi connectivity index (χ0n) is 25.3. The van der Waals surface area contributed by atoms with E-state index in [-0.39, 0.29) is 5.41 Å². The van der Waals surface area contributed by atoms with Crippen LogP contribution >= 0.6 is 11.3 Å². The van der Waals surface area contributed by atoms with Gasteiger partial charge in [-0.05, 0) is 86.6 Å². The Kier molecular flexibility index (Phi) is 5.78. The van der Waals surface area contributed by atoms with Crippen molar-refractivity contribution < 1.29 is 0 Å². The van der Waals surface area contributed by atoms with E-state index in [4.69, 9.17) is 0 Å². The third-order valence-corrected chi connectivity index (χ3v) is 10.9. The summed E-state index contributed by atoms with van der Waals surface area (Å²) >= 11 is 1.89. The Labute approximate surface area is 267 Å². The first-order valence-electron chi connectivity index (χ1n) is 15.6. The maximum atomic E-state index is 2.42. The Bertz CT molecular complexity index is 2400. The third kappa shape index (κ3) is 4.06. The molecular weight excluding hydrogens is 563 g/mol. The van der Waals surface area contributed by atoms with Gasteiger partial charge in [0.25, 0.3) is 0 Å². The molecule has 214 valence electrons. The molecule has 0 N–H and O–H groups in total. The molecule has 0 saturated carbocycles. The van der Waals surface area contributed by atoms with Crippen LogP contribution in [-0.2, 0) is 5.41 Å². The zero-order valence-corrected chi connectivity index (χ0v) is 26.1. The molecule has 45 heavy (non-hydrogen) atoms. The molecule has 0 radical (unpaired) electrons. The fourth-order valence-electron chi connectivity index (χ4n) is 7.35. The predicted octanol–water partition coefficient (Wildman–Crippen LogP) is 12.7. The lowest BCUT2D eigenvalue weighted by Crippen LogP contribution is -2.16. The SMILES string of the molecule is CC1(C)c2ccccc2-c2ccc(N(c3ccc(-c4ccccc4)cc3)c3ccc4c(ccc5c6ccccc6sc45)c3)cc21. The van der Waals surface area contributed by atoms with Crippen molar-refractivity contribution in [2.45, 2.75) is 19.3 Å². The zero-order chi connectivity index (χ0) is 30.1. The van der Waals surface area contributed by atoms with Crippen molar-refractivity contribution >= 4 is 59.3 Å². The largest absolute Gasteiger partial charge is 0.310 e. The Hall–Kier alpha value is -5.18. The van der Waals surface area contributed by atoms with E-state index in [0.717, 1.165) is 11.4 Å². The molecule has 9 rings (SSSR count). The molecule has 0 amide bonds. The van der Waals surface area contributed by atoms with Crippen LogP contribution in [-0.4, -0.2) is 0 Å². The summed E-state index contributed by atoms with van der Waals surface area (Å²) in [5.74, 6) is 0. The molecule has 1 aliphatic carbocycles. The van der Waals surface area contributed by atoms with E-state index in [1.54, 1.807) is 0 Å². The van der Waals surface area contributed by atoms with E-state index in [2.05, 4.69) is 170 Å². The number of fused-ring (bicyclic) bond motifs is 8. The number of anilines is 3. The van der Waals surface area contributed by atoms with Gasteiger partial charge in [0, 0.05) is 42.6 Å². The second-order valence-corrected chi connectivity index (χ2v) is 13.6. The van der Waals surface area contributed by atoms with Crippen molar-refractivity contribution in [3.8, 4) is 22.3 Å². The van der Waals surface area contributed by atoms with Gasteiger partial charge in [-0.1, -0.05) is 123 Å². The maximum Gasteiger partial charge on any atom is 0.0468 e. The summed E-state index contributed by atoms with van der Waals surface area (Å²) in [6.07, 6.45) is 0. The van der Waals surface area contributed by atoms with Crippen LogP contribution in [0.15, 0.2) is 152 Å². The van der Waals surface area contributed by atoms with Crippen molar-refractivity contribution in [3.05, 3.63) is 163 Å². The highest BCUT2D eigenvalue weighted by atomic mass is 32.1. The van der Waals surface area contributed by atoms with E-state index in [0.29, 0.717) is 0 Å². The molecule has 0 fully saturated rings. The van der Waals surface area contributed by atoms with E-state index in [1.807, 2.05) is 11.3 Å². The van der Waals surface area contributed by atoms with E-state index < -0.39 is 0 Å². The minimum Gasteiger partial charge on any atom is -0.310 e. The second-order valence-electron chi connectivity index (χ2n) is 12.6. The lowest BCUT2D eigenvalue weighted by atomic mass is 9.82. The molecule has 2 heteroatoms. The van der Waals surface area contributed by atoms with Crippen LogP contribution in [0.3, 0.4) is 0 Å². The van der Waals surface area contributed by atoms with Gasteiger partial charge in [-0.25, -0.2) is 0 Å². The molecular formula is C43H31NS. The van der Waals surface area contributed by atoms with Crippen LogP contribution in [0, 0.1) is 0 Å². The number of thiophene rings is 1. The van der Waals surface area contributed by atoms with Crippen LogP contribution in [0.4, 0.5) is 17.1 Å². The van der Waals surface area contributed by atoms with Gasteiger partial charge in [-0.2, -0.15) is 0 Å². The van der Waals surface area contributed by atoms with Crippen molar-refractivity contribution in [2.24, 2.45) is 0 Å². The summed E-state index contributed by atoms with van der Waals surface area (Å²) in [6.45, 7) is 4.71. The first-order chi connectivity index (χ1) is 22.1. The summed E-state index contributed by atoms with van der Waals surface area (Å²) in [4.78, 5) is 2.42. The molecule has 1 aromatic heterocycles. The number of hydrogen-bond acceptors (Lipinski definition) is 2. The van der Waals surface area contributed by atoms with Gasteiger partial charge in [-0.3, -0.25) is 0 Å². The summed E-state index contributed by atoms with van der Waals surface area (Å²) in [6, 6.07) is 55.8. The fraction of sp³-hybridized carbons (Fsp3) is 0.0698. The van der Waals surface area contributed by atoms with Crippen molar-refractivity contribution in [1.29, 1.82) is 0 Å². The van der Waals surface area contributed by atoms with Gasteiger partial charge in [0.2, 0.25) is 0 Å². The third-order valence-electron chi connectivity index (χ3n) is 9.66. The molecule has 0 spiro atoms. The fourth-order valence-corrected chi connectivity index (χ4v) is 8.59. The van der Waals surface area contributed by atoms with Crippen LogP contribution < -0.4 is 4.90 Å². The van der Waals surface area contributed by atoms with Gasteiger partial charge in [-0.15, -0.1) is 11.3 Å². The highest BCUT2D eigenvalue weighted by Gasteiger charge is 2.35. The van der Waals surface area contributed by atoms with Crippen molar-refractivity contribution in [1.82, 2.24) is 0 Å². The molecule has 1 aliphatic rings. The first-order valence-corrected chi connectivity index (χ1v) is 16.4. The molecule has 7 aromatic carbocycles. The van der Waals surface area contributed by atoms with Gasteiger partial charge in [0.05, 0.1) is 0 Å². The predicted molar refractivity (Wildman–Crippen MR) is 195 cm³/mol.